The molecule has 64 valence electrons. The Morgan fingerprint density at radius 3 is 2.50 bits per heavy atom. The van der Waals surface area contributed by atoms with Crippen LogP contribution in [-0.2, 0) is 0 Å². The average Bonchev–Trinajstić information content (AvgIpc) is 2.02. The van der Waals surface area contributed by atoms with Crippen LogP contribution < -0.4 is 0 Å². The third-order valence-corrected chi connectivity index (χ3v) is 2.29. The summed E-state index contributed by atoms with van der Waals surface area (Å²) >= 11 is 5.67. The normalized spacial score (nSPS) is 10.0. The molecule has 0 amide bonds. The van der Waals surface area contributed by atoms with Gasteiger partial charge in [0.1, 0.15) is 5.82 Å². The third kappa shape index (κ3) is 1.34. The summed E-state index contributed by atoms with van der Waals surface area (Å²) in [5.41, 5.74) is 1.33. The summed E-state index contributed by atoms with van der Waals surface area (Å²) in [4.78, 5) is 10.5. The Kier molecular flexibility index (Phi) is 2.48. The molecule has 0 saturated heterocycles. The van der Waals surface area contributed by atoms with Gasteiger partial charge in [0.25, 0.3) is 0 Å². The van der Waals surface area contributed by atoms with E-state index in [2.05, 4.69) is 0 Å². The molecule has 0 aliphatic carbocycles. The van der Waals surface area contributed by atoms with E-state index < -0.39 is 5.82 Å². The van der Waals surface area contributed by atoms with Crippen LogP contribution >= 0.6 is 11.6 Å². The molecule has 0 unspecified atom stereocenters. The fourth-order valence-electron chi connectivity index (χ4n) is 1.04. The molecule has 0 fully saturated rings. The zero-order chi connectivity index (χ0) is 9.30. The second kappa shape index (κ2) is 3.23. The van der Waals surface area contributed by atoms with Gasteiger partial charge >= 0.3 is 0 Å². The lowest BCUT2D eigenvalue weighted by molar-refractivity contribution is 0.112. The Morgan fingerprint density at radius 2 is 2.00 bits per heavy atom. The van der Waals surface area contributed by atoms with E-state index in [4.69, 9.17) is 11.6 Å². The Hall–Kier alpha value is -0.890. The lowest BCUT2D eigenvalue weighted by Gasteiger charge is -2.05. The maximum Gasteiger partial charge on any atom is 0.150 e. The lowest BCUT2D eigenvalue weighted by Crippen LogP contribution is -1.95. The molecule has 0 atom stereocenters. The van der Waals surface area contributed by atoms with E-state index in [1.54, 1.807) is 13.8 Å². The first-order chi connectivity index (χ1) is 5.57. The number of halogens is 2. The largest absolute Gasteiger partial charge is 0.298 e. The van der Waals surface area contributed by atoms with Crippen LogP contribution in [-0.4, -0.2) is 6.29 Å². The molecule has 1 rings (SSSR count). The molecule has 0 aliphatic rings. The summed E-state index contributed by atoms with van der Waals surface area (Å²) < 4.78 is 13.0. The van der Waals surface area contributed by atoms with Gasteiger partial charge in [0.2, 0.25) is 0 Å². The number of hydrogen-bond donors (Lipinski definition) is 0. The molecule has 0 N–H and O–H groups in total. The monoisotopic (exact) mass is 186 g/mol. The minimum absolute atomic E-state index is 0.292. The quantitative estimate of drug-likeness (QED) is 0.617. The van der Waals surface area contributed by atoms with Crippen molar-refractivity contribution in [1.29, 1.82) is 0 Å². The highest BCUT2D eigenvalue weighted by molar-refractivity contribution is 6.31. The van der Waals surface area contributed by atoms with Gasteiger partial charge in [-0.15, -0.1) is 0 Å². The van der Waals surface area contributed by atoms with Gasteiger partial charge in [0.15, 0.2) is 6.29 Å². The predicted molar refractivity (Wildman–Crippen MR) is 46.3 cm³/mol. The van der Waals surface area contributed by atoms with Crippen LogP contribution in [0.1, 0.15) is 21.5 Å². The smallest absolute Gasteiger partial charge is 0.150 e. The van der Waals surface area contributed by atoms with Gasteiger partial charge in [-0.05, 0) is 31.0 Å². The van der Waals surface area contributed by atoms with Crippen LogP contribution in [0.25, 0.3) is 0 Å². The molecule has 0 aromatic heterocycles. The molecule has 0 aliphatic heterocycles. The van der Waals surface area contributed by atoms with E-state index in [9.17, 15) is 9.18 Å². The van der Waals surface area contributed by atoms with Crippen LogP contribution in [0.2, 0.25) is 5.02 Å². The van der Waals surface area contributed by atoms with Gasteiger partial charge < -0.3 is 0 Å². The highest BCUT2D eigenvalue weighted by atomic mass is 35.5. The maximum atomic E-state index is 13.0. The molecular formula is C9H8ClFO. The maximum absolute atomic E-state index is 13.0. The Morgan fingerprint density at radius 1 is 1.42 bits per heavy atom. The molecule has 1 nitrogen and oxygen atoms in total. The third-order valence-electron chi connectivity index (χ3n) is 1.90. The van der Waals surface area contributed by atoms with Crippen molar-refractivity contribution in [3.05, 3.63) is 33.6 Å². The van der Waals surface area contributed by atoms with Crippen LogP contribution in [0.15, 0.2) is 6.07 Å². The first-order valence-corrected chi connectivity index (χ1v) is 3.86. The molecule has 3 heteroatoms. The van der Waals surface area contributed by atoms with E-state index in [0.717, 1.165) is 0 Å². The van der Waals surface area contributed by atoms with E-state index >= 15 is 0 Å². The first kappa shape index (κ1) is 9.20. The van der Waals surface area contributed by atoms with Gasteiger partial charge in [-0.1, -0.05) is 11.6 Å². The van der Waals surface area contributed by atoms with Gasteiger partial charge in [-0.2, -0.15) is 0 Å². The van der Waals surface area contributed by atoms with E-state index in [1.165, 1.54) is 6.07 Å². The zero-order valence-corrected chi connectivity index (χ0v) is 7.57. The molecule has 0 saturated carbocycles. The summed E-state index contributed by atoms with van der Waals surface area (Å²) in [6, 6.07) is 1.22. The topological polar surface area (TPSA) is 17.1 Å². The van der Waals surface area contributed by atoms with E-state index in [1.807, 2.05) is 0 Å². The highest BCUT2D eigenvalue weighted by Gasteiger charge is 2.09. The number of carbonyl (C=O) groups is 1. The predicted octanol–water partition coefficient (Wildman–Crippen LogP) is 2.91. The van der Waals surface area contributed by atoms with Crippen molar-refractivity contribution < 1.29 is 9.18 Å². The van der Waals surface area contributed by atoms with Crippen molar-refractivity contribution in [2.75, 3.05) is 0 Å². The van der Waals surface area contributed by atoms with Crippen molar-refractivity contribution in [1.82, 2.24) is 0 Å². The number of hydrogen-bond acceptors (Lipinski definition) is 1. The van der Waals surface area contributed by atoms with Crippen molar-refractivity contribution in [2.24, 2.45) is 0 Å². The fraction of sp³-hybridized carbons (Fsp3) is 0.222. The van der Waals surface area contributed by atoms with Gasteiger partial charge in [0, 0.05) is 10.6 Å². The van der Waals surface area contributed by atoms with Crippen LogP contribution in [0, 0.1) is 19.7 Å². The van der Waals surface area contributed by atoms with Crippen molar-refractivity contribution >= 4 is 17.9 Å². The summed E-state index contributed by atoms with van der Waals surface area (Å²) in [7, 11) is 0. The number of aldehydes is 1. The van der Waals surface area contributed by atoms with Crippen LogP contribution in [0.4, 0.5) is 4.39 Å². The molecule has 1 aromatic rings. The number of rotatable bonds is 1. The molecule has 12 heavy (non-hydrogen) atoms. The van der Waals surface area contributed by atoms with Crippen molar-refractivity contribution in [3.63, 3.8) is 0 Å². The van der Waals surface area contributed by atoms with Gasteiger partial charge in [0.05, 0.1) is 0 Å². The molecule has 1 aromatic carbocycles. The summed E-state index contributed by atoms with van der Waals surface area (Å²) in [6.07, 6.45) is 0.625. The molecule has 0 radical (unpaired) electrons. The summed E-state index contributed by atoms with van der Waals surface area (Å²) in [5, 5.41) is 0.292. The second-order valence-electron chi connectivity index (χ2n) is 2.62. The molecule has 0 heterocycles. The first-order valence-electron chi connectivity index (χ1n) is 3.48. The average molecular weight is 187 g/mol. The second-order valence-corrected chi connectivity index (χ2v) is 3.03. The Balaban J connectivity index is 3.52. The number of carbonyl (C=O) groups excluding carboxylic acids is 1. The Bertz CT molecular complexity index is 308. The standard InChI is InChI=1S/C9H8ClFO/c1-5-7(4-12)6(2)9(11)3-8(5)10/h3-4H,1-2H3. The zero-order valence-electron chi connectivity index (χ0n) is 6.82. The van der Waals surface area contributed by atoms with Crippen molar-refractivity contribution in [2.45, 2.75) is 13.8 Å². The minimum Gasteiger partial charge on any atom is -0.298 e. The van der Waals surface area contributed by atoms with E-state index in [-0.39, 0.29) is 0 Å². The Labute approximate surface area is 75.2 Å². The summed E-state index contributed by atoms with van der Waals surface area (Å²) in [5.74, 6) is -0.437. The molecule has 0 bridgehead atoms. The molecular weight excluding hydrogens is 179 g/mol. The SMILES string of the molecule is Cc1c(F)cc(Cl)c(C)c1C=O. The van der Waals surface area contributed by atoms with Gasteiger partial charge in [-0.3, -0.25) is 4.79 Å². The number of benzene rings is 1. The van der Waals surface area contributed by atoms with Crippen LogP contribution in [0.3, 0.4) is 0 Å². The minimum atomic E-state index is -0.437. The van der Waals surface area contributed by atoms with E-state index in [0.29, 0.717) is 28.0 Å². The van der Waals surface area contributed by atoms with Crippen LogP contribution in [0.5, 0.6) is 0 Å². The van der Waals surface area contributed by atoms with Crippen molar-refractivity contribution in [3.8, 4) is 0 Å². The van der Waals surface area contributed by atoms with Gasteiger partial charge in [-0.25, -0.2) is 4.39 Å². The lowest BCUT2D eigenvalue weighted by atomic mass is 10.0. The highest BCUT2D eigenvalue weighted by Crippen LogP contribution is 2.23. The fourth-order valence-corrected chi connectivity index (χ4v) is 1.24. The summed E-state index contributed by atoms with van der Waals surface area (Å²) in [6.45, 7) is 3.25. The molecule has 0 spiro atoms.